The summed E-state index contributed by atoms with van der Waals surface area (Å²) in [5.74, 6) is 0.694. The van der Waals surface area contributed by atoms with Gasteiger partial charge in [-0.1, -0.05) is 41.5 Å². The fourth-order valence-corrected chi connectivity index (χ4v) is 3.90. The average Bonchev–Trinajstić information content (AvgIpc) is 2.93. The van der Waals surface area contributed by atoms with Crippen molar-refractivity contribution in [2.24, 2.45) is 5.92 Å². The number of hydrogen-bond donors (Lipinski definition) is 3. The monoisotopic (exact) mass is 415 g/mol. The molecule has 6 nitrogen and oxygen atoms in total. The highest BCUT2D eigenvalue weighted by Gasteiger charge is 2.31. The molecular weight excluding hydrogens is 378 g/mol. The summed E-state index contributed by atoms with van der Waals surface area (Å²) >= 11 is 0. The maximum Gasteiger partial charge on any atom is 0.216 e. The highest BCUT2D eigenvalue weighted by Crippen LogP contribution is 2.40. The van der Waals surface area contributed by atoms with Crippen LogP contribution in [0.1, 0.15) is 82.8 Å². The predicted molar refractivity (Wildman–Crippen MR) is 121 cm³/mol. The lowest BCUT2D eigenvalue weighted by Gasteiger charge is -2.28. The number of ketones is 1. The molecule has 1 aromatic carbocycles. The summed E-state index contributed by atoms with van der Waals surface area (Å²) in [4.78, 5) is 26.0. The van der Waals surface area contributed by atoms with Gasteiger partial charge in [-0.2, -0.15) is 0 Å². The van der Waals surface area contributed by atoms with Gasteiger partial charge in [-0.15, -0.1) is 0 Å². The van der Waals surface area contributed by atoms with Crippen molar-refractivity contribution in [1.82, 2.24) is 10.2 Å². The van der Waals surface area contributed by atoms with Crippen LogP contribution in [0.4, 0.5) is 0 Å². The van der Waals surface area contributed by atoms with Crippen molar-refractivity contribution in [3.63, 3.8) is 0 Å². The van der Waals surface area contributed by atoms with Gasteiger partial charge in [0.05, 0.1) is 12.4 Å². The number of likely N-dealkylation sites (tertiary alicyclic amines) is 1. The molecule has 0 aliphatic carbocycles. The molecule has 1 saturated heterocycles. The lowest BCUT2D eigenvalue weighted by atomic mass is 9.78. The van der Waals surface area contributed by atoms with Gasteiger partial charge in [0.25, 0.3) is 0 Å². The molecule has 1 fully saturated rings. The molecule has 0 bridgehead atoms. The number of nitrogens with zero attached hydrogens (tertiary/aromatic N) is 1. The van der Waals surface area contributed by atoms with Gasteiger partial charge >= 0.3 is 0 Å². The van der Waals surface area contributed by atoms with Crippen molar-refractivity contribution in [3.05, 3.63) is 28.8 Å². The Bertz CT molecular complexity index is 796. The van der Waals surface area contributed by atoms with E-state index in [0.717, 1.165) is 17.5 Å². The largest absolute Gasteiger partial charge is 0.507 e. The van der Waals surface area contributed by atoms with Gasteiger partial charge in [0.2, 0.25) is 5.91 Å². The van der Waals surface area contributed by atoms with Crippen LogP contribution in [0.5, 0.6) is 5.75 Å². The molecule has 1 aliphatic heterocycles. The Labute approximate surface area is 180 Å². The Morgan fingerprint density at radius 3 is 2.13 bits per heavy atom. The number of hydrogen-bond acceptors (Lipinski definition) is 4. The second-order valence-electron chi connectivity index (χ2n) is 10.4. The maximum atomic E-state index is 13.1. The van der Waals surface area contributed by atoms with E-state index in [9.17, 15) is 14.7 Å². The lowest BCUT2D eigenvalue weighted by Crippen LogP contribution is -2.33. The van der Waals surface area contributed by atoms with Crippen LogP contribution >= 0.6 is 0 Å². The van der Waals surface area contributed by atoms with Gasteiger partial charge in [-0.25, -0.2) is 0 Å². The van der Waals surface area contributed by atoms with Crippen LogP contribution in [-0.4, -0.2) is 47.2 Å². The number of phenolic OH excluding ortho intramolecular Hbond substituents is 1. The normalized spacial score (nSPS) is 17.4. The number of phenols is 1. The van der Waals surface area contributed by atoms with E-state index in [4.69, 9.17) is 5.41 Å². The fraction of sp³-hybridized carbons (Fsp3) is 0.625. The minimum Gasteiger partial charge on any atom is -0.507 e. The molecule has 2 rings (SSSR count). The van der Waals surface area contributed by atoms with Crippen LogP contribution in [0, 0.1) is 11.3 Å². The van der Waals surface area contributed by atoms with Crippen LogP contribution in [0.25, 0.3) is 0 Å². The highest BCUT2D eigenvalue weighted by molar-refractivity contribution is 6.00. The molecule has 0 radical (unpaired) electrons. The maximum absolute atomic E-state index is 13.1. The molecule has 1 aliphatic rings. The Balaban J connectivity index is 2.21. The Hall–Kier alpha value is -2.37. The predicted octanol–water partition coefficient (Wildman–Crippen LogP) is 4.00. The molecule has 0 aromatic heterocycles. The molecule has 30 heavy (non-hydrogen) atoms. The van der Waals surface area contributed by atoms with Gasteiger partial charge in [-0.05, 0) is 35.8 Å². The first-order valence-electron chi connectivity index (χ1n) is 10.7. The molecule has 0 saturated carbocycles. The zero-order chi connectivity index (χ0) is 22.9. The van der Waals surface area contributed by atoms with Gasteiger partial charge in [0, 0.05) is 42.6 Å². The van der Waals surface area contributed by atoms with E-state index in [1.807, 2.05) is 46.4 Å². The fourth-order valence-electron chi connectivity index (χ4n) is 3.90. The van der Waals surface area contributed by atoms with E-state index >= 15 is 0 Å². The Morgan fingerprint density at radius 2 is 1.67 bits per heavy atom. The summed E-state index contributed by atoms with van der Waals surface area (Å²) in [6.45, 7) is 15.0. The van der Waals surface area contributed by atoms with Crippen LogP contribution in [0.15, 0.2) is 12.1 Å². The van der Waals surface area contributed by atoms with Crippen molar-refractivity contribution in [3.8, 4) is 5.75 Å². The number of aromatic hydroxyl groups is 1. The first-order valence-corrected chi connectivity index (χ1v) is 10.7. The van der Waals surface area contributed by atoms with E-state index in [1.54, 1.807) is 12.1 Å². The summed E-state index contributed by atoms with van der Waals surface area (Å²) in [6.07, 6.45) is 1.53. The third-order valence-electron chi connectivity index (χ3n) is 5.72. The van der Waals surface area contributed by atoms with Crippen molar-refractivity contribution in [2.75, 3.05) is 19.6 Å². The molecular formula is C24H37N3O3. The number of carbonyl (C=O) groups is 2. The first kappa shape index (κ1) is 23.9. The quantitative estimate of drug-likeness (QED) is 0.612. The number of Topliss-reactive ketones (excluding diaryl/α,β-unsaturated/α-hetero) is 1. The summed E-state index contributed by atoms with van der Waals surface area (Å²) in [6, 6.07) is 3.61. The molecule has 1 unspecified atom stereocenters. The van der Waals surface area contributed by atoms with E-state index in [2.05, 4.69) is 5.32 Å². The third kappa shape index (κ3) is 5.61. The van der Waals surface area contributed by atoms with E-state index in [1.165, 1.54) is 6.92 Å². The van der Waals surface area contributed by atoms with Crippen molar-refractivity contribution in [1.29, 1.82) is 5.41 Å². The van der Waals surface area contributed by atoms with Crippen LogP contribution in [0.3, 0.4) is 0 Å². The summed E-state index contributed by atoms with van der Waals surface area (Å²) < 4.78 is 0. The molecule has 6 heteroatoms. The smallest absolute Gasteiger partial charge is 0.216 e. The number of carbonyl (C=O) groups excluding carboxylic acids is 2. The average molecular weight is 416 g/mol. The zero-order valence-corrected chi connectivity index (χ0v) is 19.5. The van der Waals surface area contributed by atoms with E-state index < -0.39 is 0 Å². The number of rotatable bonds is 6. The summed E-state index contributed by atoms with van der Waals surface area (Å²) in [5, 5.41) is 22.1. The molecule has 1 aromatic rings. The summed E-state index contributed by atoms with van der Waals surface area (Å²) in [7, 11) is 0. The van der Waals surface area contributed by atoms with Crippen LogP contribution in [0.2, 0.25) is 0 Å². The van der Waals surface area contributed by atoms with E-state index in [0.29, 0.717) is 30.9 Å². The Kier molecular flexibility index (Phi) is 7.00. The van der Waals surface area contributed by atoms with Crippen molar-refractivity contribution >= 4 is 17.5 Å². The van der Waals surface area contributed by atoms with Crippen molar-refractivity contribution < 1.29 is 14.7 Å². The van der Waals surface area contributed by atoms with Crippen LogP contribution < -0.4 is 5.32 Å². The zero-order valence-electron chi connectivity index (χ0n) is 19.5. The number of benzene rings is 1. The molecule has 1 amide bonds. The Morgan fingerprint density at radius 1 is 1.13 bits per heavy atom. The third-order valence-corrected chi connectivity index (χ3v) is 5.72. The summed E-state index contributed by atoms with van der Waals surface area (Å²) in [5.41, 5.74) is 1.52. The van der Waals surface area contributed by atoms with E-state index in [-0.39, 0.29) is 40.7 Å². The second kappa shape index (κ2) is 8.78. The number of amides is 1. The van der Waals surface area contributed by atoms with Gasteiger partial charge in [0.15, 0.2) is 5.78 Å². The minimum absolute atomic E-state index is 0.0433. The SMILES string of the molecule is CC(=O)NCCC1CCN(CC(=O)c2cc(C(C)(C)C)c(O)c(C(C)(C)C)c2)C1=N. The van der Waals surface area contributed by atoms with Gasteiger partial charge < -0.3 is 15.3 Å². The molecule has 0 spiro atoms. The van der Waals surface area contributed by atoms with Crippen LogP contribution in [-0.2, 0) is 15.6 Å². The number of nitrogens with one attached hydrogen (secondary N) is 2. The van der Waals surface area contributed by atoms with Gasteiger partial charge in [0.1, 0.15) is 5.75 Å². The van der Waals surface area contributed by atoms with Gasteiger partial charge in [-0.3, -0.25) is 15.0 Å². The molecule has 1 atom stereocenters. The highest BCUT2D eigenvalue weighted by atomic mass is 16.3. The lowest BCUT2D eigenvalue weighted by molar-refractivity contribution is -0.118. The first-order chi connectivity index (χ1) is 13.7. The molecule has 3 N–H and O–H groups in total. The topological polar surface area (TPSA) is 93.5 Å². The van der Waals surface area contributed by atoms with Crippen molar-refractivity contribution in [2.45, 2.75) is 72.1 Å². The number of amidine groups is 1. The second-order valence-corrected chi connectivity index (χ2v) is 10.4. The molecule has 166 valence electrons. The minimum atomic E-state index is -0.296. The molecule has 1 heterocycles. The standard InChI is InChI=1S/C24H37N3O3/c1-15(28)26-10-8-16-9-11-27(22(16)25)14-20(29)17-12-18(23(2,3)4)21(30)19(13-17)24(5,6)7/h12-13,16,25,30H,8-11,14H2,1-7H3,(H,26,28).